The summed E-state index contributed by atoms with van der Waals surface area (Å²) >= 11 is 0. The van der Waals surface area contributed by atoms with Crippen LogP contribution >= 0.6 is 0 Å². The first-order chi connectivity index (χ1) is 9.74. The molecule has 104 valence electrons. The highest BCUT2D eigenvalue weighted by Crippen LogP contribution is 2.29. The molecule has 1 unspecified atom stereocenters. The monoisotopic (exact) mass is 268 g/mol. The van der Waals surface area contributed by atoms with Crippen LogP contribution in [0.5, 0.6) is 5.75 Å². The van der Waals surface area contributed by atoms with Crippen molar-refractivity contribution < 1.29 is 5.11 Å². The van der Waals surface area contributed by atoms with E-state index in [1.54, 1.807) is 6.07 Å². The van der Waals surface area contributed by atoms with E-state index in [2.05, 4.69) is 34.9 Å². The number of phenolic OH excluding ortho intramolecular Hbond substituents is 1. The summed E-state index contributed by atoms with van der Waals surface area (Å²) in [5.74, 6) is 0.343. The molecule has 0 bridgehead atoms. The lowest BCUT2D eigenvalue weighted by Crippen LogP contribution is -2.15. The van der Waals surface area contributed by atoms with Crippen molar-refractivity contribution in [2.45, 2.75) is 25.9 Å². The molecule has 1 aliphatic heterocycles. The third-order valence-corrected chi connectivity index (χ3v) is 3.91. The van der Waals surface area contributed by atoms with Crippen LogP contribution < -0.4 is 10.6 Å². The van der Waals surface area contributed by atoms with Gasteiger partial charge in [-0.2, -0.15) is 0 Å². The Balaban J connectivity index is 1.88. The van der Waals surface area contributed by atoms with Crippen LogP contribution in [0.4, 0.5) is 5.69 Å². The SMILES string of the molecule is Cc1ccc(NC2CCNCc3ccccc32)cc1O. The molecule has 0 aliphatic carbocycles. The fourth-order valence-corrected chi connectivity index (χ4v) is 2.71. The first-order valence-electron chi connectivity index (χ1n) is 7.09. The summed E-state index contributed by atoms with van der Waals surface area (Å²) in [4.78, 5) is 0. The van der Waals surface area contributed by atoms with Crippen molar-refractivity contribution in [2.75, 3.05) is 11.9 Å². The largest absolute Gasteiger partial charge is 0.508 e. The van der Waals surface area contributed by atoms with Crippen LogP contribution in [0.3, 0.4) is 0 Å². The normalized spacial score (nSPS) is 18.1. The Morgan fingerprint density at radius 3 is 2.90 bits per heavy atom. The Morgan fingerprint density at radius 2 is 2.05 bits per heavy atom. The molecular formula is C17H20N2O. The fraction of sp³-hybridized carbons (Fsp3) is 0.294. The molecule has 0 saturated heterocycles. The van der Waals surface area contributed by atoms with Crippen LogP contribution in [-0.2, 0) is 6.54 Å². The molecule has 0 fully saturated rings. The van der Waals surface area contributed by atoms with Crippen LogP contribution in [0.2, 0.25) is 0 Å². The molecule has 3 heteroatoms. The van der Waals surface area contributed by atoms with Crippen molar-refractivity contribution in [1.82, 2.24) is 5.32 Å². The number of rotatable bonds is 2. The van der Waals surface area contributed by atoms with Crippen molar-refractivity contribution in [3.8, 4) is 5.75 Å². The van der Waals surface area contributed by atoms with E-state index in [9.17, 15) is 5.11 Å². The van der Waals surface area contributed by atoms with Gasteiger partial charge in [-0.1, -0.05) is 30.3 Å². The summed E-state index contributed by atoms with van der Waals surface area (Å²) in [5, 5.41) is 16.8. The fourth-order valence-electron chi connectivity index (χ4n) is 2.71. The zero-order valence-electron chi connectivity index (χ0n) is 11.7. The van der Waals surface area contributed by atoms with Crippen molar-refractivity contribution in [3.05, 3.63) is 59.2 Å². The van der Waals surface area contributed by atoms with E-state index >= 15 is 0 Å². The van der Waals surface area contributed by atoms with E-state index in [1.165, 1.54) is 11.1 Å². The Morgan fingerprint density at radius 1 is 1.20 bits per heavy atom. The number of hydrogen-bond acceptors (Lipinski definition) is 3. The summed E-state index contributed by atoms with van der Waals surface area (Å²) in [6.07, 6.45) is 1.03. The number of nitrogens with one attached hydrogen (secondary N) is 2. The molecule has 3 rings (SSSR count). The molecule has 1 heterocycles. The van der Waals surface area contributed by atoms with Crippen LogP contribution in [0.15, 0.2) is 42.5 Å². The van der Waals surface area contributed by atoms with Gasteiger partial charge < -0.3 is 15.7 Å². The third kappa shape index (κ3) is 2.63. The molecule has 1 atom stereocenters. The second-order valence-corrected chi connectivity index (χ2v) is 5.36. The second-order valence-electron chi connectivity index (χ2n) is 5.36. The number of phenols is 1. The van der Waals surface area contributed by atoms with E-state index in [-0.39, 0.29) is 6.04 Å². The minimum absolute atomic E-state index is 0.281. The molecule has 20 heavy (non-hydrogen) atoms. The van der Waals surface area contributed by atoms with Crippen LogP contribution in [-0.4, -0.2) is 11.7 Å². The molecule has 0 spiro atoms. The summed E-state index contributed by atoms with van der Waals surface area (Å²) in [6.45, 7) is 3.82. The minimum atomic E-state index is 0.281. The minimum Gasteiger partial charge on any atom is -0.508 e. The van der Waals surface area contributed by atoms with E-state index < -0.39 is 0 Å². The second kappa shape index (κ2) is 5.55. The predicted octanol–water partition coefficient (Wildman–Crippen LogP) is 3.35. The number of aryl methyl sites for hydroxylation is 1. The molecule has 3 N–H and O–H groups in total. The van der Waals surface area contributed by atoms with Crippen LogP contribution in [0.25, 0.3) is 0 Å². The van der Waals surface area contributed by atoms with Crippen LogP contribution in [0.1, 0.15) is 29.2 Å². The summed E-state index contributed by atoms with van der Waals surface area (Å²) in [6, 6.07) is 14.6. The lowest BCUT2D eigenvalue weighted by atomic mass is 9.99. The Kier molecular flexibility index (Phi) is 3.61. The highest BCUT2D eigenvalue weighted by Gasteiger charge is 2.17. The van der Waals surface area contributed by atoms with E-state index in [4.69, 9.17) is 0 Å². The summed E-state index contributed by atoms with van der Waals surface area (Å²) < 4.78 is 0. The van der Waals surface area contributed by atoms with Gasteiger partial charge in [0.25, 0.3) is 0 Å². The molecule has 0 saturated carbocycles. The molecule has 0 aromatic heterocycles. The maximum Gasteiger partial charge on any atom is 0.120 e. The van der Waals surface area contributed by atoms with E-state index in [1.807, 2.05) is 19.1 Å². The summed E-state index contributed by atoms with van der Waals surface area (Å²) in [5.41, 5.74) is 4.56. The molecule has 0 radical (unpaired) electrons. The first-order valence-corrected chi connectivity index (χ1v) is 7.09. The summed E-state index contributed by atoms with van der Waals surface area (Å²) in [7, 11) is 0. The van der Waals surface area contributed by atoms with Gasteiger partial charge >= 0.3 is 0 Å². The molecule has 2 aromatic carbocycles. The van der Waals surface area contributed by atoms with Gasteiger partial charge in [-0.3, -0.25) is 0 Å². The van der Waals surface area contributed by atoms with Crippen molar-refractivity contribution in [2.24, 2.45) is 0 Å². The van der Waals surface area contributed by atoms with Crippen molar-refractivity contribution in [1.29, 1.82) is 0 Å². The van der Waals surface area contributed by atoms with Gasteiger partial charge in [-0.15, -0.1) is 0 Å². The van der Waals surface area contributed by atoms with Crippen molar-refractivity contribution in [3.63, 3.8) is 0 Å². The number of hydrogen-bond donors (Lipinski definition) is 3. The average molecular weight is 268 g/mol. The van der Waals surface area contributed by atoms with Gasteiger partial charge in [-0.05, 0) is 42.6 Å². The first kappa shape index (κ1) is 13.0. The molecule has 0 amide bonds. The van der Waals surface area contributed by atoms with Crippen LogP contribution in [0, 0.1) is 6.92 Å². The number of benzene rings is 2. The average Bonchev–Trinajstić information content (AvgIpc) is 2.66. The zero-order valence-corrected chi connectivity index (χ0v) is 11.7. The quantitative estimate of drug-likeness (QED) is 0.782. The number of anilines is 1. The van der Waals surface area contributed by atoms with Gasteiger partial charge in [0.2, 0.25) is 0 Å². The highest BCUT2D eigenvalue weighted by atomic mass is 16.3. The lowest BCUT2D eigenvalue weighted by Gasteiger charge is -2.20. The smallest absolute Gasteiger partial charge is 0.120 e. The zero-order chi connectivity index (χ0) is 13.9. The van der Waals surface area contributed by atoms with Gasteiger partial charge in [0.05, 0.1) is 6.04 Å². The van der Waals surface area contributed by atoms with Gasteiger partial charge in [0.15, 0.2) is 0 Å². The highest BCUT2D eigenvalue weighted by molar-refractivity contribution is 5.53. The Labute approximate surface area is 119 Å². The third-order valence-electron chi connectivity index (χ3n) is 3.91. The number of fused-ring (bicyclic) bond motifs is 1. The molecular weight excluding hydrogens is 248 g/mol. The molecule has 3 nitrogen and oxygen atoms in total. The predicted molar refractivity (Wildman–Crippen MR) is 82.0 cm³/mol. The molecule has 1 aliphatic rings. The molecule has 2 aromatic rings. The lowest BCUT2D eigenvalue weighted by molar-refractivity contribution is 0.471. The maximum absolute atomic E-state index is 9.83. The maximum atomic E-state index is 9.83. The Bertz CT molecular complexity index is 610. The number of aromatic hydroxyl groups is 1. The topological polar surface area (TPSA) is 44.3 Å². The van der Waals surface area contributed by atoms with Gasteiger partial charge in [-0.25, -0.2) is 0 Å². The van der Waals surface area contributed by atoms with E-state index in [0.717, 1.165) is 30.8 Å². The van der Waals surface area contributed by atoms with E-state index in [0.29, 0.717) is 5.75 Å². The standard InChI is InChI=1S/C17H20N2O/c1-12-6-7-14(10-17(12)20)19-16-8-9-18-11-13-4-2-3-5-15(13)16/h2-7,10,16,18-20H,8-9,11H2,1H3. The van der Waals surface area contributed by atoms with Gasteiger partial charge in [0, 0.05) is 18.3 Å². The van der Waals surface area contributed by atoms with Gasteiger partial charge in [0.1, 0.15) is 5.75 Å². The van der Waals surface area contributed by atoms with Crippen molar-refractivity contribution >= 4 is 5.69 Å². The Hall–Kier alpha value is -2.00.